The van der Waals surface area contributed by atoms with E-state index in [0.717, 1.165) is 19.4 Å². The van der Waals surface area contributed by atoms with Crippen LogP contribution in [-0.2, 0) is 4.79 Å². The van der Waals surface area contributed by atoms with Crippen molar-refractivity contribution in [2.24, 2.45) is 0 Å². The van der Waals surface area contributed by atoms with Gasteiger partial charge in [-0.15, -0.1) is 0 Å². The van der Waals surface area contributed by atoms with Crippen molar-refractivity contribution in [1.82, 2.24) is 24.5 Å². The Kier molecular flexibility index (Phi) is 6.13. The summed E-state index contributed by atoms with van der Waals surface area (Å²) >= 11 is 0. The van der Waals surface area contributed by atoms with Crippen molar-refractivity contribution >= 4 is 11.8 Å². The molecular weight excluding hydrogens is 385 g/mol. The number of para-hydroxylation sites is 1. The van der Waals surface area contributed by atoms with Gasteiger partial charge in [-0.05, 0) is 44.4 Å². The first-order valence-electron chi connectivity index (χ1n) is 10.6. The van der Waals surface area contributed by atoms with Gasteiger partial charge in [0.2, 0.25) is 5.91 Å². The molecule has 1 aromatic carbocycles. The summed E-state index contributed by atoms with van der Waals surface area (Å²) in [5.41, 5.74) is 0.608. The van der Waals surface area contributed by atoms with Gasteiger partial charge < -0.3 is 9.80 Å². The minimum atomic E-state index is -0.388. The average molecular weight is 413 g/mol. The number of piperazine rings is 1. The van der Waals surface area contributed by atoms with E-state index < -0.39 is 0 Å². The molecule has 2 aromatic rings. The molecule has 2 amide bonds. The van der Waals surface area contributed by atoms with Crippen molar-refractivity contribution in [3.8, 4) is 5.69 Å². The highest BCUT2D eigenvalue weighted by molar-refractivity contribution is 5.92. The highest BCUT2D eigenvalue weighted by Gasteiger charge is 2.28. The van der Waals surface area contributed by atoms with Crippen LogP contribution in [0.15, 0.2) is 36.5 Å². The van der Waals surface area contributed by atoms with Gasteiger partial charge in [-0.3, -0.25) is 14.5 Å². The smallest absolute Gasteiger partial charge is 0.274 e. The van der Waals surface area contributed by atoms with Crippen LogP contribution in [-0.4, -0.2) is 81.6 Å². The predicted octanol–water partition coefficient (Wildman–Crippen LogP) is 2.17. The van der Waals surface area contributed by atoms with Gasteiger partial charge in [0.15, 0.2) is 5.69 Å². The van der Waals surface area contributed by atoms with Crippen molar-refractivity contribution < 1.29 is 14.0 Å². The lowest BCUT2D eigenvalue weighted by Crippen LogP contribution is -2.53. The molecule has 2 saturated heterocycles. The van der Waals surface area contributed by atoms with E-state index in [4.69, 9.17) is 0 Å². The second kappa shape index (κ2) is 8.95. The predicted molar refractivity (Wildman–Crippen MR) is 111 cm³/mol. The van der Waals surface area contributed by atoms with E-state index in [0.29, 0.717) is 50.1 Å². The molecule has 0 aliphatic carbocycles. The summed E-state index contributed by atoms with van der Waals surface area (Å²) < 4.78 is 15.3. The number of rotatable bonds is 4. The monoisotopic (exact) mass is 413 g/mol. The SMILES string of the molecule is CC1CCCCN1C(=O)CN1CCN(C(=O)c2ccn(-c3ccccc3F)n2)CC1. The Morgan fingerprint density at radius 2 is 1.83 bits per heavy atom. The largest absolute Gasteiger partial charge is 0.339 e. The summed E-state index contributed by atoms with van der Waals surface area (Å²) in [5.74, 6) is -0.368. The molecule has 160 valence electrons. The van der Waals surface area contributed by atoms with Gasteiger partial charge in [0.1, 0.15) is 11.5 Å². The number of halogens is 1. The van der Waals surface area contributed by atoms with Crippen LogP contribution >= 0.6 is 0 Å². The lowest BCUT2D eigenvalue weighted by atomic mass is 10.0. The molecule has 2 fully saturated rings. The Morgan fingerprint density at radius 1 is 1.07 bits per heavy atom. The fraction of sp³-hybridized carbons (Fsp3) is 0.500. The van der Waals surface area contributed by atoms with Crippen LogP contribution in [0.4, 0.5) is 4.39 Å². The first-order chi connectivity index (χ1) is 14.5. The second-order valence-corrected chi connectivity index (χ2v) is 8.10. The minimum Gasteiger partial charge on any atom is -0.339 e. The molecule has 8 heteroatoms. The Labute approximate surface area is 176 Å². The highest BCUT2D eigenvalue weighted by Crippen LogP contribution is 2.17. The maximum Gasteiger partial charge on any atom is 0.274 e. The number of piperidine rings is 1. The van der Waals surface area contributed by atoms with Crippen molar-refractivity contribution in [1.29, 1.82) is 0 Å². The van der Waals surface area contributed by atoms with Crippen molar-refractivity contribution in [2.75, 3.05) is 39.3 Å². The van der Waals surface area contributed by atoms with Crippen molar-refractivity contribution in [3.63, 3.8) is 0 Å². The number of hydrogen-bond acceptors (Lipinski definition) is 4. The Hall–Kier alpha value is -2.74. The van der Waals surface area contributed by atoms with Crippen LogP contribution in [0.5, 0.6) is 0 Å². The molecule has 1 aromatic heterocycles. The molecule has 0 saturated carbocycles. The third kappa shape index (κ3) is 4.38. The van der Waals surface area contributed by atoms with Crippen LogP contribution in [0.1, 0.15) is 36.7 Å². The van der Waals surface area contributed by atoms with Crippen LogP contribution in [0.3, 0.4) is 0 Å². The first-order valence-corrected chi connectivity index (χ1v) is 10.6. The fourth-order valence-corrected chi connectivity index (χ4v) is 4.23. The topological polar surface area (TPSA) is 61.7 Å². The molecule has 1 atom stereocenters. The molecule has 1 unspecified atom stereocenters. The quantitative estimate of drug-likeness (QED) is 0.771. The second-order valence-electron chi connectivity index (χ2n) is 8.10. The van der Waals surface area contributed by atoms with Gasteiger partial charge >= 0.3 is 0 Å². The third-order valence-corrected chi connectivity index (χ3v) is 6.05. The normalized spacial score (nSPS) is 20.4. The van der Waals surface area contributed by atoms with Gasteiger partial charge in [-0.1, -0.05) is 12.1 Å². The zero-order chi connectivity index (χ0) is 21.1. The number of aromatic nitrogens is 2. The average Bonchev–Trinajstić information content (AvgIpc) is 3.24. The number of carbonyl (C=O) groups excluding carboxylic acids is 2. The fourth-order valence-electron chi connectivity index (χ4n) is 4.23. The number of carbonyl (C=O) groups is 2. The van der Waals surface area contributed by atoms with Gasteiger partial charge in [-0.25, -0.2) is 9.07 Å². The summed E-state index contributed by atoms with van der Waals surface area (Å²) in [6.07, 6.45) is 4.95. The third-order valence-electron chi connectivity index (χ3n) is 6.05. The van der Waals surface area contributed by atoms with E-state index in [2.05, 4.69) is 16.9 Å². The maximum atomic E-state index is 14.0. The van der Waals surface area contributed by atoms with E-state index in [1.165, 1.54) is 17.2 Å². The molecule has 3 heterocycles. The van der Waals surface area contributed by atoms with Crippen LogP contribution in [0, 0.1) is 5.82 Å². The van der Waals surface area contributed by atoms with Gasteiger partial charge in [0, 0.05) is 45.0 Å². The molecule has 0 spiro atoms. The van der Waals surface area contributed by atoms with E-state index >= 15 is 0 Å². The summed E-state index contributed by atoms with van der Waals surface area (Å²) in [6.45, 7) is 5.80. The number of likely N-dealkylation sites (tertiary alicyclic amines) is 1. The molecule has 2 aliphatic heterocycles. The Morgan fingerprint density at radius 3 is 2.57 bits per heavy atom. The molecule has 30 heavy (non-hydrogen) atoms. The number of benzene rings is 1. The van der Waals surface area contributed by atoms with Gasteiger partial charge in [0.05, 0.1) is 6.54 Å². The van der Waals surface area contributed by atoms with Crippen LogP contribution < -0.4 is 0 Å². The zero-order valence-corrected chi connectivity index (χ0v) is 17.3. The first kappa shape index (κ1) is 20.5. The zero-order valence-electron chi connectivity index (χ0n) is 17.3. The van der Waals surface area contributed by atoms with Crippen molar-refractivity contribution in [3.05, 3.63) is 48.0 Å². The molecule has 7 nitrogen and oxygen atoms in total. The number of nitrogens with zero attached hydrogens (tertiary/aromatic N) is 5. The molecule has 4 rings (SSSR count). The van der Waals surface area contributed by atoms with E-state index in [9.17, 15) is 14.0 Å². The summed E-state index contributed by atoms with van der Waals surface area (Å²) in [5, 5.41) is 4.26. The highest BCUT2D eigenvalue weighted by atomic mass is 19.1. The maximum absolute atomic E-state index is 14.0. The van der Waals surface area contributed by atoms with Crippen molar-refractivity contribution in [2.45, 2.75) is 32.2 Å². The van der Waals surface area contributed by atoms with E-state index in [1.54, 1.807) is 35.4 Å². The molecule has 0 bridgehead atoms. The van der Waals surface area contributed by atoms with Crippen LogP contribution in [0.25, 0.3) is 5.69 Å². The molecule has 0 radical (unpaired) electrons. The van der Waals surface area contributed by atoms with E-state index in [-0.39, 0.29) is 17.6 Å². The summed E-state index contributed by atoms with van der Waals surface area (Å²) in [6, 6.07) is 8.26. The molecule has 2 aliphatic rings. The molecule has 0 N–H and O–H groups in total. The standard InChI is InChI=1S/C22H28FN5O2/c1-17-6-4-5-10-27(17)21(29)16-25-12-14-26(15-13-25)22(30)19-9-11-28(24-19)20-8-3-2-7-18(20)23/h2-3,7-9,11,17H,4-6,10,12-16H2,1H3. The summed E-state index contributed by atoms with van der Waals surface area (Å²) in [7, 11) is 0. The Bertz CT molecular complexity index is 906. The van der Waals surface area contributed by atoms with Crippen LogP contribution in [0.2, 0.25) is 0 Å². The Balaban J connectivity index is 1.31. The lowest BCUT2D eigenvalue weighted by Gasteiger charge is -2.37. The van der Waals surface area contributed by atoms with E-state index in [1.807, 2.05) is 4.90 Å². The lowest BCUT2D eigenvalue weighted by molar-refractivity contribution is -0.136. The van der Waals surface area contributed by atoms with Gasteiger partial charge in [-0.2, -0.15) is 5.10 Å². The molecular formula is C22H28FN5O2. The minimum absolute atomic E-state index is 0.166. The number of hydrogen-bond donors (Lipinski definition) is 0. The number of amides is 2. The van der Waals surface area contributed by atoms with Gasteiger partial charge in [0.25, 0.3) is 5.91 Å². The summed E-state index contributed by atoms with van der Waals surface area (Å²) in [4.78, 5) is 31.3.